The number of carbonyl (C=O) groups excluding carboxylic acids is 3. The molecule has 9 nitrogen and oxygen atoms in total. The van der Waals surface area contributed by atoms with Gasteiger partial charge in [0.25, 0.3) is 5.91 Å². The fourth-order valence-corrected chi connectivity index (χ4v) is 3.13. The largest absolute Gasteiger partial charge is 0.493 e. The molecule has 0 aromatic heterocycles. The maximum Gasteiger partial charge on any atom is 0.328 e. The molecule has 0 saturated carbocycles. The van der Waals surface area contributed by atoms with Crippen molar-refractivity contribution < 1.29 is 33.3 Å². The molecule has 2 amide bonds. The molecule has 1 fully saturated rings. The number of nitrogens with zero attached hydrogens (tertiary/aromatic N) is 1. The molecule has 1 aliphatic heterocycles. The highest BCUT2D eigenvalue weighted by molar-refractivity contribution is 5.96. The van der Waals surface area contributed by atoms with Crippen LogP contribution in [0.4, 0.5) is 0 Å². The lowest BCUT2D eigenvalue weighted by atomic mass is 10.1. The smallest absolute Gasteiger partial charge is 0.328 e. The summed E-state index contributed by atoms with van der Waals surface area (Å²) in [7, 11) is 5.66. The summed E-state index contributed by atoms with van der Waals surface area (Å²) < 4.78 is 20.5. The average Bonchev–Trinajstić information content (AvgIpc) is 3.09. The van der Waals surface area contributed by atoms with Gasteiger partial charge in [-0.2, -0.15) is 0 Å². The molecule has 1 N–H and O–H groups in total. The van der Waals surface area contributed by atoms with Crippen LogP contribution >= 0.6 is 0 Å². The van der Waals surface area contributed by atoms with Crippen LogP contribution in [0.15, 0.2) is 12.1 Å². The lowest BCUT2D eigenvalue weighted by Crippen LogP contribution is -2.40. The zero-order chi connectivity index (χ0) is 20.1. The van der Waals surface area contributed by atoms with Crippen molar-refractivity contribution in [1.82, 2.24) is 10.2 Å². The molecule has 27 heavy (non-hydrogen) atoms. The molecule has 2 rings (SSSR count). The fraction of sp³-hybridized carbons (Fsp3) is 0.500. The Morgan fingerprint density at radius 3 is 2.07 bits per heavy atom. The van der Waals surface area contributed by atoms with Crippen molar-refractivity contribution in [3.63, 3.8) is 0 Å². The van der Waals surface area contributed by atoms with Gasteiger partial charge >= 0.3 is 5.97 Å². The molecule has 0 unspecified atom stereocenters. The van der Waals surface area contributed by atoms with Crippen LogP contribution in [0.3, 0.4) is 0 Å². The van der Waals surface area contributed by atoms with Gasteiger partial charge in [-0.3, -0.25) is 9.59 Å². The van der Waals surface area contributed by atoms with Crippen molar-refractivity contribution in [1.29, 1.82) is 0 Å². The Morgan fingerprint density at radius 1 is 1.04 bits per heavy atom. The number of ether oxygens (including phenoxy) is 4. The van der Waals surface area contributed by atoms with Gasteiger partial charge in [0.1, 0.15) is 6.04 Å². The topological polar surface area (TPSA) is 103 Å². The molecule has 1 aromatic carbocycles. The highest BCUT2D eigenvalue weighted by Crippen LogP contribution is 2.38. The van der Waals surface area contributed by atoms with Crippen molar-refractivity contribution in [2.24, 2.45) is 0 Å². The number of carbonyl (C=O) groups is 3. The molecule has 1 saturated heterocycles. The molecule has 1 aliphatic rings. The monoisotopic (exact) mass is 380 g/mol. The van der Waals surface area contributed by atoms with Crippen molar-refractivity contribution in [3.8, 4) is 17.2 Å². The van der Waals surface area contributed by atoms with E-state index >= 15 is 0 Å². The second kappa shape index (κ2) is 8.61. The van der Waals surface area contributed by atoms with Crippen LogP contribution in [0.25, 0.3) is 0 Å². The van der Waals surface area contributed by atoms with Crippen molar-refractivity contribution in [2.45, 2.75) is 25.4 Å². The van der Waals surface area contributed by atoms with Gasteiger partial charge in [0.15, 0.2) is 11.5 Å². The molecule has 2 atom stereocenters. The predicted molar refractivity (Wildman–Crippen MR) is 95.2 cm³/mol. The minimum absolute atomic E-state index is 0.227. The van der Waals surface area contributed by atoms with Crippen molar-refractivity contribution in [3.05, 3.63) is 17.7 Å². The van der Waals surface area contributed by atoms with E-state index in [1.54, 1.807) is 0 Å². The Hall–Kier alpha value is -2.97. The van der Waals surface area contributed by atoms with Gasteiger partial charge in [-0.05, 0) is 12.1 Å². The van der Waals surface area contributed by atoms with Crippen molar-refractivity contribution in [2.75, 3.05) is 35.0 Å². The maximum atomic E-state index is 12.7. The number of hydrogen-bond acceptors (Lipinski definition) is 7. The number of nitrogens with one attached hydrogen (secondary N) is 1. The fourth-order valence-electron chi connectivity index (χ4n) is 3.13. The Morgan fingerprint density at radius 2 is 1.63 bits per heavy atom. The normalized spacial score (nSPS) is 18.6. The zero-order valence-corrected chi connectivity index (χ0v) is 16.0. The summed E-state index contributed by atoms with van der Waals surface area (Å²) in [5.41, 5.74) is 0.306. The zero-order valence-electron chi connectivity index (χ0n) is 16.0. The third-order valence-electron chi connectivity index (χ3n) is 4.44. The van der Waals surface area contributed by atoms with E-state index in [1.807, 2.05) is 0 Å². The molecular formula is C18H24N2O7. The van der Waals surface area contributed by atoms with E-state index in [1.165, 1.54) is 52.4 Å². The second-order valence-corrected chi connectivity index (χ2v) is 6.03. The van der Waals surface area contributed by atoms with Crippen LogP contribution in [0, 0.1) is 0 Å². The van der Waals surface area contributed by atoms with E-state index in [9.17, 15) is 14.4 Å². The van der Waals surface area contributed by atoms with E-state index in [0.29, 0.717) is 22.8 Å². The summed E-state index contributed by atoms with van der Waals surface area (Å²) in [6, 6.07) is 1.97. The maximum absolute atomic E-state index is 12.7. The minimum Gasteiger partial charge on any atom is -0.493 e. The number of amides is 2. The summed E-state index contributed by atoms with van der Waals surface area (Å²) >= 11 is 0. The number of rotatable bonds is 6. The number of hydrogen-bond donors (Lipinski definition) is 1. The van der Waals surface area contributed by atoms with Gasteiger partial charge < -0.3 is 29.2 Å². The molecule has 0 radical (unpaired) electrons. The molecule has 148 valence electrons. The van der Waals surface area contributed by atoms with E-state index in [0.717, 1.165) is 0 Å². The molecule has 1 heterocycles. The van der Waals surface area contributed by atoms with Gasteiger partial charge in [-0.15, -0.1) is 0 Å². The molecule has 0 bridgehead atoms. The Bertz CT molecular complexity index is 709. The van der Waals surface area contributed by atoms with Crippen LogP contribution in [-0.4, -0.2) is 69.8 Å². The standard InChI is InChI=1S/C18H24N2O7/c1-10(21)20-9-12(8-13(20)18(23)27-5)19-17(22)11-6-14(24-2)16(26-4)15(7-11)25-3/h6-7,12-13H,8-9H2,1-5H3,(H,19,22)/t12-,13-/m0/s1. The predicted octanol–water partition coefficient (Wildman–Crippen LogP) is 0.605. The van der Waals surface area contributed by atoms with Crippen LogP contribution in [0.1, 0.15) is 23.7 Å². The third kappa shape index (κ3) is 4.24. The SMILES string of the molecule is COC(=O)[C@@H]1C[C@H](NC(=O)c2cc(OC)c(OC)c(OC)c2)CN1C(C)=O. The van der Waals surface area contributed by atoms with Crippen molar-refractivity contribution >= 4 is 17.8 Å². The summed E-state index contributed by atoms with van der Waals surface area (Å²) in [6.07, 6.45) is 0.280. The lowest BCUT2D eigenvalue weighted by Gasteiger charge is -2.20. The van der Waals surface area contributed by atoms with Crippen LogP contribution < -0.4 is 19.5 Å². The molecular weight excluding hydrogens is 356 g/mol. The van der Waals surface area contributed by atoms with Gasteiger partial charge in [0.05, 0.1) is 28.4 Å². The molecule has 0 aliphatic carbocycles. The Balaban J connectivity index is 2.20. The quantitative estimate of drug-likeness (QED) is 0.721. The first-order valence-electron chi connectivity index (χ1n) is 8.32. The lowest BCUT2D eigenvalue weighted by molar-refractivity contribution is -0.150. The van der Waals surface area contributed by atoms with Gasteiger partial charge in [-0.1, -0.05) is 0 Å². The first-order valence-corrected chi connectivity index (χ1v) is 8.32. The number of likely N-dealkylation sites (tertiary alicyclic amines) is 1. The molecule has 0 spiro atoms. The average molecular weight is 380 g/mol. The highest BCUT2D eigenvalue weighted by Gasteiger charge is 2.39. The number of methoxy groups -OCH3 is 4. The molecule has 9 heteroatoms. The van der Waals surface area contributed by atoms with E-state index in [2.05, 4.69) is 5.32 Å². The number of benzene rings is 1. The summed E-state index contributed by atoms with van der Waals surface area (Å²) in [4.78, 5) is 37.7. The Kier molecular flexibility index (Phi) is 6.49. The summed E-state index contributed by atoms with van der Waals surface area (Å²) in [6.45, 7) is 1.60. The van der Waals surface area contributed by atoms with Gasteiger partial charge in [0, 0.05) is 31.5 Å². The van der Waals surface area contributed by atoms with Crippen LogP contribution in [0.5, 0.6) is 17.2 Å². The second-order valence-electron chi connectivity index (χ2n) is 6.03. The van der Waals surface area contributed by atoms with E-state index < -0.39 is 12.0 Å². The number of esters is 1. The van der Waals surface area contributed by atoms with Gasteiger partial charge in [0.2, 0.25) is 11.7 Å². The highest BCUT2D eigenvalue weighted by atomic mass is 16.5. The summed E-state index contributed by atoms with van der Waals surface area (Å²) in [5.74, 6) is -0.0543. The Labute approximate surface area is 157 Å². The molecule has 1 aromatic rings. The summed E-state index contributed by atoms with van der Waals surface area (Å²) in [5, 5.41) is 2.84. The van der Waals surface area contributed by atoms with Crippen LogP contribution in [0.2, 0.25) is 0 Å². The van der Waals surface area contributed by atoms with Crippen LogP contribution in [-0.2, 0) is 14.3 Å². The van der Waals surface area contributed by atoms with E-state index in [-0.39, 0.29) is 30.8 Å². The third-order valence-corrected chi connectivity index (χ3v) is 4.44. The van der Waals surface area contributed by atoms with E-state index in [4.69, 9.17) is 18.9 Å². The minimum atomic E-state index is -0.710. The van der Waals surface area contributed by atoms with Gasteiger partial charge in [-0.25, -0.2) is 4.79 Å². The first kappa shape index (κ1) is 20.3. The first-order chi connectivity index (χ1) is 12.9.